The molecule has 3 aromatic carbocycles. The maximum absolute atomic E-state index is 12.4. The molecule has 26 heteroatoms. The quantitative estimate of drug-likeness (QED) is 0.0365. The number of nitro groups is 2. The SMILES string of the molecule is COCCN(CCOC)S(=O)(=O)Cc1ccc(N)cc1.COCCN(CCOC)S(=O)(=O)Cc1ccc([N+](=O)[O-])cc1.COCCNCCOC.O=[N+]([O-])c1ccc(S(=O)(=O)Cl)cc1. The number of ether oxygens (including phenoxy) is 6. The monoisotopic (exact) mass is 988 g/mol. The van der Waals surface area contributed by atoms with Gasteiger partial charge in [0.2, 0.25) is 20.0 Å². The highest BCUT2D eigenvalue weighted by Crippen LogP contribution is 2.19. The highest BCUT2D eigenvalue weighted by molar-refractivity contribution is 8.13. The number of nitro benzene ring substituents is 2. The number of nitrogens with two attached hydrogens (primary N) is 1. The second-order valence-corrected chi connectivity index (χ2v) is 19.4. The molecule has 0 aliphatic rings. The molecule has 364 valence electrons. The Kier molecular flexibility index (Phi) is 31.4. The Morgan fingerprint density at radius 2 is 0.828 bits per heavy atom. The molecule has 0 atom stereocenters. The maximum atomic E-state index is 12.4. The zero-order chi connectivity index (χ0) is 48.6. The molecule has 22 nitrogen and oxygen atoms in total. The standard InChI is InChI=1S/C13H20N2O6S.C13H22N2O4S.C6H4ClNO4S.C6H15NO2/c1-20-9-7-14(8-10-21-2)22(18,19)11-12-3-5-13(6-4-12)15(16)17;1-18-9-7-15(8-10-19-2)20(16,17)11-12-3-5-13(14)6-4-12;7-13(11,12)6-3-1-5(2-4-6)8(9)10;1-8-5-3-7-4-6-9-2/h3-6H,7-11H2,1-2H3;3-6H,7-11,14H2,1-2H3;1-4H;7H,3-6H2,1-2H3. The van der Waals surface area contributed by atoms with Crippen molar-refractivity contribution in [3.8, 4) is 0 Å². The first kappa shape index (κ1) is 60.0. The lowest BCUT2D eigenvalue weighted by Crippen LogP contribution is -2.37. The summed E-state index contributed by atoms with van der Waals surface area (Å²) in [5.41, 5.74) is 7.15. The summed E-state index contributed by atoms with van der Waals surface area (Å²) >= 11 is 0. The van der Waals surface area contributed by atoms with E-state index in [1.807, 2.05) is 0 Å². The van der Waals surface area contributed by atoms with Crippen LogP contribution >= 0.6 is 10.7 Å². The van der Waals surface area contributed by atoms with Crippen LogP contribution in [0.25, 0.3) is 0 Å². The van der Waals surface area contributed by atoms with E-state index in [9.17, 15) is 45.5 Å². The number of anilines is 1. The van der Waals surface area contributed by atoms with Gasteiger partial charge >= 0.3 is 0 Å². The van der Waals surface area contributed by atoms with Crippen LogP contribution < -0.4 is 11.1 Å². The maximum Gasteiger partial charge on any atom is 0.269 e. The predicted molar refractivity (Wildman–Crippen MR) is 243 cm³/mol. The van der Waals surface area contributed by atoms with Gasteiger partial charge in [0.05, 0.1) is 65.9 Å². The average molecular weight is 990 g/mol. The number of halogens is 1. The zero-order valence-electron chi connectivity index (χ0n) is 36.8. The number of nitrogens with zero attached hydrogens (tertiary/aromatic N) is 4. The van der Waals surface area contributed by atoms with Crippen LogP contribution in [0.5, 0.6) is 0 Å². The molecular weight excluding hydrogens is 928 g/mol. The minimum atomic E-state index is -3.80. The van der Waals surface area contributed by atoms with Crippen molar-refractivity contribution in [1.29, 1.82) is 0 Å². The molecule has 0 aromatic heterocycles. The van der Waals surface area contributed by atoms with Gasteiger partial charge in [-0.2, -0.15) is 8.61 Å². The van der Waals surface area contributed by atoms with Gasteiger partial charge in [0.1, 0.15) is 0 Å². The number of non-ortho nitro benzene ring substituents is 2. The molecule has 3 aromatic rings. The normalized spacial score (nSPS) is 11.5. The van der Waals surface area contributed by atoms with Crippen molar-refractivity contribution in [2.24, 2.45) is 0 Å². The van der Waals surface area contributed by atoms with E-state index in [1.54, 1.807) is 52.7 Å². The van der Waals surface area contributed by atoms with Crippen molar-refractivity contribution in [1.82, 2.24) is 13.9 Å². The summed E-state index contributed by atoms with van der Waals surface area (Å²) in [5.74, 6) is -0.279. The third kappa shape index (κ3) is 26.7. The predicted octanol–water partition coefficient (Wildman–Crippen LogP) is 3.10. The van der Waals surface area contributed by atoms with Gasteiger partial charge in [-0.05, 0) is 35.4 Å². The number of sulfonamides is 2. The smallest absolute Gasteiger partial charge is 0.269 e. The summed E-state index contributed by atoms with van der Waals surface area (Å²) in [6.07, 6.45) is 0. The largest absolute Gasteiger partial charge is 0.399 e. The van der Waals surface area contributed by atoms with Gasteiger partial charge in [-0.15, -0.1) is 0 Å². The van der Waals surface area contributed by atoms with Crippen LogP contribution in [-0.4, -0.2) is 165 Å². The Hall–Kier alpha value is -3.96. The third-order valence-electron chi connectivity index (χ3n) is 8.09. The molecule has 3 rings (SSSR count). The number of nitrogen functional groups attached to an aromatic ring is 1. The average Bonchev–Trinajstić information content (AvgIpc) is 3.24. The van der Waals surface area contributed by atoms with Crippen molar-refractivity contribution in [3.63, 3.8) is 0 Å². The van der Waals surface area contributed by atoms with Gasteiger partial charge in [0.25, 0.3) is 20.4 Å². The lowest BCUT2D eigenvalue weighted by atomic mass is 10.2. The van der Waals surface area contributed by atoms with Crippen LogP contribution in [0.4, 0.5) is 17.1 Å². The summed E-state index contributed by atoms with van der Waals surface area (Å²) in [6.45, 7) is 5.70. The van der Waals surface area contributed by atoms with E-state index >= 15 is 0 Å². The third-order valence-corrected chi connectivity index (χ3v) is 13.2. The zero-order valence-corrected chi connectivity index (χ0v) is 40.0. The molecule has 0 aliphatic carbocycles. The van der Waals surface area contributed by atoms with E-state index in [4.69, 9.17) is 44.8 Å². The van der Waals surface area contributed by atoms with Crippen molar-refractivity contribution in [2.75, 3.05) is 127 Å². The lowest BCUT2D eigenvalue weighted by molar-refractivity contribution is -0.385. The van der Waals surface area contributed by atoms with Crippen LogP contribution in [0.15, 0.2) is 77.7 Å². The van der Waals surface area contributed by atoms with Gasteiger partial charge in [-0.25, -0.2) is 25.3 Å². The molecule has 0 amide bonds. The van der Waals surface area contributed by atoms with Gasteiger partial charge < -0.3 is 39.5 Å². The Morgan fingerprint density at radius 1 is 0.531 bits per heavy atom. The number of methoxy groups -OCH3 is 6. The van der Waals surface area contributed by atoms with E-state index < -0.39 is 38.9 Å². The molecule has 0 fully saturated rings. The summed E-state index contributed by atoms with van der Waals surface area (Å²) in [4.78, 5) is 19.5. The van der Waals surface area contributed by atoms with E-state index in [0.29, 0.717) is 43.1 Å². The molecule has 3 N–H and O–H groups in total. The lowest BCUT2D eigenvalue weighted by Gasteiger charge is -2.21. The van der Waals surface area contributed by atoms with E-state index in [1.165, 1.54) is 47.1 Å². The van der Waals surface area contributed by atoms with Crippen molar-refractivity contribution in [3.05, 3.63) is 104 Å². The van der Waals surface area contributed by atoms with Gasteiger partial charge in [0, 0.05) is 123 Å². The first-order chi connectivity index (χ1) is 30.2. The fraction of sp³-hybridized carbons (Fsp3) is 0.526. The minimum absolute atomic E-state index is 0.0549. The fourth-order valence-corrected chi connectivity index (χ4v) is 8.46. The first-order valence-corrected chi connectivity index (χ1v) is 24.6. The Balaban J connectivity index is 0.000000869. The molecule has 0 saturated heterocycles. The number of benzene rings is 3. The Bertz CT molecular complexity index is 2050. The van der Waals surface area contributed by atoms with E-state index in [-0.39, 0.29) is 54.1 Å². The molecule has 0 bridgehead atoms. The Labute approximate surface area is 380 Å². The van der Waals surface area contributed by atoms with Crippen molar-refractivity contribution in [2.45, 2.75) is 16.4 Å². The summed E-state index contributed by atoms with van der Waals surface area (Å²) in [5, 5.41) is 23.9. The second kappa shape index (κ2) is 33.5. The van der Waals surface area contributed by atoms with Crippen molar-refractivity contribution >= 4 is 56.8 Å². The molecule has 64 heavy (non-hydrogen) atoms. The number of nitrogens with one attached hydrogen (secondary N) is 1. The molecule has 0 radical (unpaired) electrons. The van der Waals surface area contributed by atoms with E-state index in [0.717, 1.165) is 50.6 Å². The van der Waals surface area contributed by atoms with Crippen LogP contribution in [-0.2, 0) is 69.0 Å². The molecule has 0 heterocycles. The summed E-state index contributed by atoms with van der Waals surface area (Å²) in [7, 11) is 3.71. The van der Waals surface area contributed by atoms with Crippen LogP contribution in [0.1, 0.15) is 11.1 Å². The second-order valence-electron chi connectivity index (χ2n) is 12.9. The number of rotatable bonds is 27. The van der Waals surface area contributed by atoms with E-state index in [2.05, 4.69) is 5.32 Å². The summed E-state index contributed by atoms with van der Waals surface area (Å²) < 4.78 is 103. The van der Waals surface area contributed by atoms with Crippen molar-refractivity contribution < 1.29 is 63.5 Å². The number of hydrogen-bond acceptors (Lipinski definition) is 18. The highest BCUT2D eigenvalue weighted by atomic mass is 35.7. The highest BCUT2D eigenvalue weighted by Gasteiger charge is 2.23. The van der Waals surface area contributed by atoms with Gasteiger partial charge in [0.15, 0.2) is 0 Å². The minimum Gasteiger partial charge on any atom is -0.399 e. The Morgan fingerprint density at radius 3 is 1.11 bits per heavy atom. The molecular formula is C38H61ClN6O16S3. The number of hydrogen-bond donors (Lipinski definition) is 2. The van der Waals surface area contributed by atoms with Gasteiger partial charge in [-0.3, -0.25) is 20.2 Å². The molecule has 0 spiro atoms. The van der Waals surface area contributed by atoms with Crippen LogP contribution in [0.3, 0.4) is 0 Å². The summed E-state index contributed by atoms with van der Waals surface area (Å²) in [6, 6.07) is 16.6. The molecule has 0 aliphatic heterocycles. The first-order valence-electron chi connectivity index (χ1n) is 19.1. The topological polar surface area (TPSA) is 289 Å². The van der Waals surface area contributed by atoms with Gasteiger partial charge in [-0.1, -0.05) is 24.3 Å². The fourth-order valence-electron chi connectivity index (χ4n) is 4.69. The van der Waals surface area contributed by atoms with Crippen LogP contribution in [0, 0.1) is 20.2 Å². The van der Waals surface area contributed by atoms with Crippen LogP contribution in [0.2, 0.25) is 0 Å². The molecule has 0 saturated carbocycles. The molecule has 0 unspecified atom stereocenters.